The zero-order valence-electron chi connectivity index (χ0n) is 22.4. The molecule has 4 aromatic carbocycles. The summed E-state index contributed by atoms with van der Waals surface area (Å²) >= 11 is 0. The third-order valence-electron chi connectivity index (χ3n) is 6.85. The molecule has 0 bridgehead atoms. The maximum absolute atomic E-state index is 13.8. The van der Waals surface area contributed by atoms with E-state index in [1.165, 1.54) is 0 Å². The van der Waals surface area contributed by atoms with Crippen molar-refractivity contribution in [1.82, 2.24) is 10.2 Å². The summed E-state index contributed by atoms with van der Waals surface area (Å²) < 4.78 is 6.08. The topological polar surface area (TPSA) is 58.6 Å². The molecule has 5 heteroatoms. The molecule has 4 rings (SSSR count). The first-order valence-electron chi connectivity index (χ1n) is 13.2. The second kappa shape index (κ2) is 12.9. The smallest absolute Gasteiger partial charge is 0.261 e. The van der Waals surface area contributed by atoms with Crippen molar-refractivity contribution in [3.63, 3.8) is 0 Å². The van der Waals surface area contributed by atoms with Crippen LogP contribution >= 0.6 is 0 Å². The quantitative estimate of drug-likeness (QED) is 0.267. The maximum Gasteiger partial charge on any atom is 0.261 e. The molecule has 2 amide bonds. The van der Waals surface area contributed by atoms with Crippen LogP contribution in [0.25, 0.3) is 10.8 Å². The van der Waals surface area contributed by atoms with Crippen molar-refractivity contribution in [1.29, 1.82) is 0 Å². The van der Waals surface area contributed by atoms with Crippen LogP contribution in [-0.4, -0.2) is 35.4 Å². The van der Waals surface area contributed by atoms with Crippen LogP contribution in [0.4, 0.5) is 0 Å². The molecule has 196 valence electrons. The first-order chi connectivity index (χ1) is 18.4. The standard InChI is InChI=1S/C33H36N2O3/c1-4-25(3)34-33(37)30(21-26-11-6-5-7-12-26)35(22-27-19-17-24(2)18-20-27)32(36)23-38-31-16-10-14-28-13-8-9-15-29(28)31/h5-20,25,30H,4,21-23H2,1-3H3,(H,34,37)/t25-,30-/m1/s1. The molecule has 0 saturated heterocycles. The number of ether oxygens (including phenoxy) is 1. The molecule has 0 spiro atoms. The zero-order chi connectivity index (χ0) is 26.9. The Labute approximate surface area is 225 Å². The van der Waals surface area contributed by atoms with Gasteiger partial charge in [0, 0.05) is 24.4 Å². The van der Waals surface area contributed by atoms with E-state index in [1.807, 2.05) is 118 Å². The van der Waals surface area contributed by atoms with Crippen LogP contribution in [0.5, 0.6) is 5.75 Å². The summed E-state index contributed by atoms with van der Waals surface area (Å²) in [4.78, 5) is 29.1. The Morgan fingerprint density at radius 2 is 1.53 bits per heavy atom. The van der Waals surface area contributed by atoms with Crippen LogP contribution in [-0.2, 0) is 22.6 Å². The molecular formula is C33H36N2O3. The Morgan fingerprint density at radius 1 is 0.842 bits per heavy atom. The molecule has 0 aromatic heterocycles. The highest BCUT2D eigenvalue weighted by molar-refractivity contribution is 5.90. The summed E-state index contributed by atoms with van der Waals surface area (Å²) in [6, 6.07) is 31.0. The van der Waals surface area contributed by atoms with Gasteiger partial charge in [-0.15, -0.1) is 0 Å². The van der Waals surface area contributed by atoms with Crippen LogP contribution in [0.3, 0.4) is 0 Å². The maximum atomic E-state index is 13.8. The minimum Gasteiger partial charge on any atom is -0.483 e. The minimum absolute atomic E-state index is 0.00373. The molecular weight excluding hydrogens is 472 g/mol. The summed E-state index contributed by atoms with van der Waals surface area (Å²) in [6.07, 6.45) is 1.22. The lowest BCUT2D eigenvalue weighted by Crippen LogP contribution is -2.53. The second-order valence-corrected chi connectivity index (χ2v) is 9.80. The number of carbonyl (C=O) groups excluding carboxylic acids is 2. The lowest BCUT2D eigenvalue weighted by atomic mass is 10.0. The highest BCUT2D eigenvalue weighted by Crippen LogP contribution is 2.25. The van der Waals surface area contributed by atoms with Crippen molar-refractivity contribution in [3.05, 3.63) is 114 Å². The molecule has 4 aromatic rings. The van der Waals surface area contributed by atoms with Crippen molar-refractivity contribution < 1.29 is 14.3 Å². The Hall–Kier alpha value is -4.12. The molecule has 2 atom stereocenters. The summed E-state index contributed by atoms with van der Waals surface area (Å²) in [7, 11) is 0. The number of fused-ring (bicyclic) bond motifs is 1. The van der Waals surface area contributed by atoms with E-state index in [4.69, 9.17) is 4.74 Å². The van der Waals surface area contributed by atoms with Crippen LogP contribution in [0.15, 0.2) is 97.1 Å². The fourth-order valence-corrected chi connectivity index (χ4v) is 4.43. The normalized spacial score (nSPS) is 12.5. The SMILES string of the molecule is CC[C@@H](C)NC(=O)[C@@H](Cc1ccccc1)N(Cc1ccc(C)cc1)C(=O)COc1cccc2ccccc12. The highest BCUT2D eigenvalue weighted by atomic mass is 16.5. The number of nitrogens with zero attached hydrogens (tertiary/aromatic N) is 1. The molecule has 0 aliphatic carbocycles. The molecule has 1 N–H and O–H groups in total. The highest BCUT2D eigenvalue weighted by Gasteiger charge is 2.31. The average molecular weight is 509 g/mol. The van der Waals surface area contributed by atoms with E-state index >= 15 is 0 Å². The van der Waals surface area contributed by atoms with Crippen LogP contribution in [0, 0.1) is 6.92 Å². The number of carbonyl (C=O) groups is 2. The van der Waals surface area contributed by atoms with Gasteiger partial charge in [0.25, 0.3) is 5.91 Å². The zero-order valence-corrected chi connectivity index (χ0v) is 22.4. The molecule has 38 heavy (non-hydrogen) atoms. The first kappa shape index (κ1) is 26.9. The van der Waals surface area contributed by atoms with E-state index < -0.39 is 6.04 Å². The summed E-state index contributed by atoms with van der Waals surface area (Å²) in [5, 5.41) is 5.10. The average Bonchev–Trinajstić information content (AvgIpc) is 2.95. The fourth-order valence-electron chi connectivity index (χ4n) is 4.43. The number of nitrogens with one attached hydrogen (secondary N) is 1. The van der Waals surface area contributed by atoms with E-state index in [-0.39, 0.29) is 24.5 Å². The lowest BCUT2D eigenvalue weighted by molar-refractivity contribution is -0.143. The third-order valence-corrected chi connectivity index (χ3v) is 6.85. The first-order valence-corrected chi connectivity index (χ1v) is 13.2. The van der Waals surface area contributed by atoms with Gasteiger partial charge < -0.3 is 15.0 Å². The van der Waals surface area contributed by atoms with Gasteiger partial charge in [-0.25, -0.2) is 0 Å². The van der Waals surface area contributed by atoms with E-state index in [1.54, 1.807) is 4.90 Å². The molecule has 0 fully saturated rings. The van der Waals surface area contributed by atoms with Crippen molar-refractivity contribution in [2.45, 2.75) is 52.2 Å². The Bertz CT molecular complexity index is 1350. The molecule has 0 unspecified atom stereocenters. The molecule has 0 saturated carbocycles. The molecule has 0 aliphatic rings. The number of aryl methyl sites for hydroxylation is 1. The van der Waals surface area contributed by atoms with Gasteiger partial charge >= 0.3 is 0 Å². The van der Waals surface area contributed by atoms with Crippen molar-refractivity contribution in [3.8, 4) is 5.75 Å². The van der Waals surface area contributed by atoms with E-state index in [2.05, 4.69) is 5.32 Å². The molecule has 0 radical (unpaired) electrons. The molecule has 0 heterocycles. The number of hydrogen-bond donors (Lipinski definition) is 1. The van der Waals surface area contributed by atoms with Gasteiger partial charge in [-0.05, 0) is 42.8 Å². The van der Waals surface area contributed by atoms with E-state index in [9.17, 15) is 9.59 Å². The van der Waals surface area contributed by atoms with E-state index in [0.717, 1.165) is 33.9 Å². The van der Waals surface area contributed by atoms with Crippen LogP contribution in [0.1, 0.15) is 37.0 Å². The minimum atomic E-state index is -0.684. The van der Waals surface area contributed by atoms with Gasteiger partial charge in [0.05, 0.1) is 0 Å². The Balaban J connectivity index is 1.64. The number of amides is 2. The summed E-state index contributed by atoms with van der Waals surface area (Å²) in [5.74, 6) is 0.253. The van der Waals surface area contributed by atoms with Gasteiger partial charge in [-0.1, -0.05) is 103 Å². The monoisotopic (exact) mass is 508 g/mol. The second-order valence-electron chi connectivity index (χ2n) is 9.80. The predicted molar refractivity (Wildman–Crippen MR) is 153 cm³/mol. The molecule has 0 aliphatic heterocycles. The fraction of sp³-hybridized carbons (Fsp3) is 0.273. The largest absolute Gasteiger partial charge is 0.483 e. The molecule has 5 nitrogen and oxygen atoms in total. The van der Waals surface area contributed by atoms with Crippen LogP contribution in [0.2, 0.25) is 0 Å². The summed E-state index contributed by atoms with van der Waals surface area (Å²) in [5.41, 5.74) is 3.10. The number of hydrogen-bond acceptors (Lipinski definition) is 3. The third kappa shape index (κ3) is 7.00. The predicted octanol–water partition coefficient (Wildman–Crippen LogP) is 6.08. The number of rotatable bonds is 11. The number of benzene rings is 4. The van der Waals surface area contributed by atoms with Gasteiger partial charge in [0.1, 0.15) is 11.8 Å². The summed E-state index contributed by atoms with van der Waals surface area (Å²) in [6.45, 7) is 6.19. The van der Waals surface area contributed by atoms with Crippen molar-refractivity contribution in [2.24, 2.45) is 0 Å². The van der Waals surface area contributed by atoms with Crippen molar-refractivity contribution >= 4 is 22.6 Å². The van der Waals surface area contributed by atoms with Gasteiger partial charge in [-0.3, -0.25) is 9.59 Å². The van der Waals surface area contributed by atoms with Crippen LogP contribution < -0.4 is 10.1 Å². The lowest BCUT2D eigenvalue weighted by Gasteiger charge is -2.32. The Morgan fingerprint density at radius 3 is 2.26 bits per heavy atom. The Kier molecular flexibility index (Phi) is 9.15. The van der Waals surface area contributed by atoms with Gasteiger partial charge in [0.2, 0.25) is 5.91 Å². The van der Waals surface area contributed by atoms with Gasteiger partial charge in [-0.2, -0.15) is 0 Å². The van der Waals surface area contributed by atoms with E-state index in [0.29, 0.717) is 18.7 Å². The van der Waals surface area contributed by atoms with Gasteiger partial charge in [0.15, 0.2) is 6.61 Å². The van der Waals surface area contributed by atoms with Crippen molar-refractivity contribution in [2.75, 3.05) is 6.61 Å².